The van der Waals surface area contributed by atoms with Crippen molar-refractivity contribution in [2.45, 2.75) is 19.0 Å². The molecule has 0 saturated carbocycles. The molecule has 4 aromatic heterocycles. The average Bonchev–Trinajstić information content (AvgIpc) is 3.44. The quantitative estimate of drug-likeness (QED) is 0.485. The normalized spacial score (nSPS) is 16.8. The number of methoxy groups -OCH3 is 1. The lowest BCUT2D eigenvalue weighted by atomic mass is 10.1. The zero-order valence-corrected chi connectivity index (χ0v) is 18.3. The molecular formula is C21H28FN9O. The van der Waals surface area contributed by atoms with Crippen molar-refractivity contribution >= 4 is 22.9 Å². The summed E-state index contributed by atoms with van der Waals surface area (Å²) in [7, 11) is 3.48. The van der Waals surface area contributed by atoms with Gasteiger partial charge in [0.2, 0.25) is 5.95 Å². The van der Waals surface area contributed by atoms with E-state index in [0.29, 0.717) is 19.0 Å². The Hall–Kier alpha value is -3.31. The molecule has 3 N–H and O–H groups in total. The van der Waals surface area contributed by atoms with Crippen LogP contribution in [0.3, 0.4) is 0 Å². The number of likely N-dealkylation sites (tertiary alicyclic amines) is 1. The predicted molar refractivity (Wildman–Crippen MR) is 121 cm³/mol. The van der Waals surface area contributed by atoms with Gasteiger partial charge in [-0.15, -0.1) is 5.10 Å². The maximum absolute atomic E-state index is 12.8. The van der Waals surface area contributed by atoms with Gasteiger partial charge in [0.05, 0.1) is 18.5 Å². The number of halogens is 1. The first kappa shape index (κ1) is 21.9. The number of anilines is 2. The molecule has 10 nitrogen and oxygen atoms in total. The van der Waals surface area contributed by atoms with Gasteiger partial charge < -0.3 is 15.8 Å². The van der Waals surface area contributed by atoms with Gasteiger partial charge in [0.15, 0.2) is 11.5 Å². The Morgan fingerprint density at radius 3 is 2.84 bits per heavy atom. The second-order valence-electron chi connectivity index (χ2n) is 7.57. The van der Waals surface area contributed by atoms with Crippen molar-refractivity contribution < 1.29 is 9.13 Å². The molecular weight excluding hydrogens is 413 g/mol. The van der Waals surface area contributed by atoms with Crippen LogP contribution in [-0.4, -0.2) is 80.7 Å². The molecule has 1 unspecified atom stereocenters. The molecule has 1 saturated heterocycles. The molecule has 32 heavy (non-hydrogen) atoms. The van der Waals surface area contributed by atoms with Gasteiger partial charge in [0.1, 0.15) is 11.7 Å². The van der Waals surface area contributed by atoms with Crippen molar-refractivity contribution in [3.8, 4) is 11.3 Å². The van der Waals surface area contributed by atoms with Crippen LogP contribution in [0.5, 0.6) is 0 Å². The van der Waals surface area contributed by atoms with E-state index < -0.39 is 6.17 Å². The summed E-state index contributed by atoms with van der Waals surface area (Å²) in [6.07, 6.45) is 6.55. The topological polar surface area (TPSA) is 111 Å². The van der Waals surface area contributed by atoms with Crippen molar-refractivity contribution in [2.75, 3.05) is 51.4 Å². The summed E-state index contributed by atoms with van der Waals surface area (Å²) < 4.78 is 21.1. The number of nitrogens with two attached hydrogens (primary N) is 1. The minimum Gasteiger partial charge on any atom is -0.383 e. The van der Waals surface area contributed by atoms with E-state index in [1.54, 1.807) is 29.4 Å². The van der Waals surface area contributed by atoms with E-state index in [4.69, 9.17) is 10.5 Å². The van der Waals surface area contributed by atoms with Crippen LogP contribution in [0.1, 0.15) is 12.8 Å². The fraction of sp³-hybridized carbons (Fsp3) is 0.429. The number of aromatic nitrogens is 6. The molecule has 5 rings (SSSR count). The Morgan fingerprint density at radius 2 is 2.06 bits per heavy atom. The van der Waals surface area contributed by atoms with Crippen LogP contribution in [0, 0.1) is 0 Å². The number of ether oxygens (including phenoxy) is 1. The minimum atomic E-state index is -0.611. The van der Waals surface area contributed by atoms with E-state index in [1.807, 2.05) is 30.6 Å². The van der Waals surface area contributed by atoms with Gasteiger partial charge in [-0.05, 0) is 31.5 Å². The van der Waals surface area contributed by atoms with Crippen LogP contribution >= 0.6 is 0 Å². The molecule has 0 aliphatic carbocycles. The summed E-state index contributed by atoms with van der Waals surface area (Å²) in [6, 6.07) is 5.71. The van der Waals surface area contributed by atoms with Crippen LogP contribution in [-0.2, 0) is 4.74 Å². The molecule has 4 aromatic rings. The number of piperidine rings is 1. The van der Waals surface area contributed by atoms with Gasteiger partial charge >= 0.3 is 0 Å². The van der Waals surface area contributed by atoms with Crippen molar-refractivity contribution in [3.05, 3.63) is 36.8 Å². The second-order valence-corrected chi connectivity index (χ2v) is 7.57. The number of hydrogen-bond acceptors (Lipinski definition) is 8. The van der Waals surface area contributed by atoms with Crippen LogP contribution in [0.4, 0.5) is 16.2 Å². The number of nitrogen functional groups attached to an aromatic ring is 1. The van der Waals surface area contributed by atoms with E-state index in [1.165, 1.54) is 0 Å². The summed E-state index contributed by atoms with van der Waals surface area (Å²) in [5.41, 5.74) is 9.08. The van der Waals surface area contributed by atoms with Gasteiger partial charge in [-0.3, -0.25) is 4.90 Å². The Morgan fingerprint density at radius 1 is 1.22 bits per heavy atom. The van der Waals surface area contributed by atoms with E-state index in [2.05, 4.69) is 30.4 Å². The third kappa shape index (κ3) is 4.78. The van der Waals surface area contributed by atoms with Crippen LogP contribution < -0.4 is 11.1 Å². The van der Waals surface area contributed by atoms with Crippen LogP contribution in [0.15, 0.2) is 36.8 Å². The minimum absolute atomic E-state index is 0.216. The molecule has 0 amide bonds. The highest BCUT2D eigenvalue weighted by atomic mass is 19.1. The van der Waals surface area contributed by atoms with Crippen LogP contribution in [0.2, 0.25) is 0 Å². The maximum atomic E-state index is 12.8. The summed E-state index contributed by atoms with van der Waals surface area (Å²) in [4.78, 5) is 10.9. The number of rotatable bonds is 5. The predicted octanol–water partition coefficient (Wildman–Crippen LogP) is 2.13. The fourth-order valence-electron chi connectivity index (χ4n) is 3.81. The molecule has 0 bridgehead atoms. The summed E-state index contributed by atoms with van der Waals surface area (Å²) in [5.74, 6) is 0.880. The summed E-state index contributed by atoms with van der Waals surface area (Å²) in [5, 5.41) is 11.4. The molecule has 5 heterocycles. The highest BCUT2D eigenvalue weighted by molar-refractivity contribution is 5.87. The Bertz CT molecular complexity index is 1170. The van der Waals surface area contributed by atoms with E-state index in [-0.39, 0.29) is 5.95 Å². The molecule has 0 radical (unpaired) electrons. The fourth-order valence-corrected chi connectivity index (χ4v) is 3.81. The Labute approximate surface area is 185 Å². The van der Waals surface area contributed by atoms with Crippen molar-refractivity contribution in [1.82, 2.24) is 34.1 Å². The monoisotopic (exact) mass is 441 g/mol. The molecule has 0 aromatic carbocycles. The lowest BCUT2D eigenvalue weighted by Crippen LogP contribution is -2.38. The lowest BCUT2D eigenvalue weighted by Gasteiger charge is -2.28. The van der Waals surface area contributed by atoms with Gasteiger partial charge in [-0.25, -0.2) is 18.4 Å². The number of nitrogens with zero attached hydrogens (tertiary/aromatic N) is 7. The molecule has 0 spiro atoms. The van der Waals surface area contributed by atoms with E-state index in [0.717, 1.165) is 48.4 Å². The van der Waals surface area contributed by atoms with Gasteiger partial charge in [0.25, 0.3) is 0 Å². The zero-order chi connectivity index (χ0) is 22.5. The average molecular weight is 442 g/mol. The highest BCUT2D eigenvalue weighted by Crippen LogP contribution is 2.28. The van der Waals surface area contributed by atoms with Crippen molar-refractivity contribution in [3.63, 3.8) is 0 Å². The Balaban J connectivity index is 0.000000189. The van der Waals surface area contributed by atoms with Gasteiger partial charge in [-0.1, -0.05) is 0 Å². The van der Waals surface area contributed by atoms with Crippen molar-refractivity contribution in [2.24, 2.45) is 0 Å². The zero-order valence-electron chi connectivity index (χ0n) is 18.3. The number of fused-ring (bicyclic) bond motifs is 2. The number of hydrogen-bond donors (Lipinski definition) is 2. The Kier molecular flexibility index (Phi) is 6.76. The SMILES string of the molecule is CNc1nc(N)nn2ccc(-c3ccn4nccc4n3)c12.COCCN1CCCC(F)C1. The van der Waals surface area contributed by atoms with Crippen LogP contribution in [0.25, 0.3) is 22.4 Å². The second kappa shape index (κ2) is 9.88. The highest BCUT2D eigenvalue weighted by Gasteiger charge is 2.18. The summed E-state index contributed by atoms with van der Waals surface area (Å²) >= 11 is 0. The van der Waals surface area contributed by atoms with E-state index in [9.17, 15) is 4.39 Å². The first-order valence-electron chi connectivity index (χ1n) is 10.6. The third-order valence-corrected chi connectivity index (χ3v) is 5.36. The molecule has 11 heteroatoms. The van der Waals surface area contributed by atoms with Crippen molar-refractivity contribution in [1.29, 1.82) is 0 Å². The molecule has 1 aliphatic heterocycles. The van der Waals surface area contributed by atoms with Gasteiger partial charge in [0, 0.05) is 51.3 Å². The molecule has 1 atom stereocenters. The van der Waals surface area contributed by atoms with Gasteiger partial charge in [-0.2, -0.15) is 10.1 Å². The molecule has 1 fully saturated rings. The molecule has 170 valence electrons. The number of nitrogens with one attached hydrogen (secondary N) is 1. The maximum Gasteiger partial charge on any atom is 0.240 e. The first-order chi connectivity index (χ1) is 15.6. The third-order valence-electron chi connectivity index (χ3n) is 5.36. The lowest BCUT2D eigenvalue weighted by molar-refractivity contribution is 0.0990. The largest absolute Gasteiger partial charge is 0.383 e. The molecule has 1 aliphatic rings. The van der Waals surface area contributed by atoms with E-state index >= 15 is 0 Å². The standard InChI is InChI=1S/C13H12N8.C8H16FNO/c1-15-12-11-8(3-6-21(11)19-13(14)18-12)9-4-7-20-10(17-9)2-5-16-20;1-11-6-5-10-4-2-3-8(9)7-10/h2-7H,1H3,(H3,14,15,18,19);8H,2-7H2,1H3. The first-order valence-corrected chi connectivity index (χ1v) is 10.6. The summed E-state index contributed by atoms with van der Waals surface area (Å²) in [6.45, 7) is 3.22. The number of alkyl halides is 1. The smallest absolute Gasteiger partial charge is 0.240 e.